The zero-order chi connectivity index (χ0) is 36.1. The fourth-order valence-corrected chi connectivity index (χ4v) is 5.88. The molecule has 0 aromatic heterocycles. The van der Waals surface area contributed by atoms with Gasteiger partial charge in [0.25, 0.3) is 0 Å². The number of carboxylic acids is 2. The van der Waals surface area contributed by atoms with Crippen molar-refractivity contribution < 1.29 is 39.6 Å². The Bertz CT molecular complexity index is 699. The number of unbranched alkanes of at least 4 members (excludes halogenated alkanes) is 28. The molecule has 0 aliphatic heterocycles. The summed E-state index contributed by atoms with van der Waals surface area (Å²) >= 11 is 0. The number of carbonyl (C=O) groups is 4. The van der Waals surface area contributed by atoms with Crippen molar-refractivity contribution in [2.24, 2.45) is 0 Å². The minimum Gasteiger partial charge on any atom is -0.547 e. The van der Waals surface area contributed by atoms with Crippen molar-refractivity contribution in [3.63, 3.8) is 0 Å². The van der Waals surface area contributed by atoms with Gasteiger partial charge < -0.3 is 30.0 Å². The predicted molar refractivity (Wildman–Crippen MR) is 197 cm³/mol. The summed E-state index contributed by atoms with van der Waals surface area (Å²) in [6, 6.07) is 0. The first-order valence-electron chi connectivity index (χ1n) is 20.0. The number of aliphatic hydroxyl groups is 2. The van der Waals surface area contributed by atoms with Gasteiger partial charge in [0.1, 0.15) is 0 Å². The standard InChI is InChI=1S/2C20H38O4.Ca/c2*1-2-3-4-5-6-7-8-9-10-11-12-13-14-15-16-17-18(21)19(22)20(23)24;/h2*19,22H,2-17H2,1H3,(H,23,24);/q;;+2/p-2. The molecule has 0 bridgehead atoms. The Labute approximate surface area is 330 Å². The average Bonchev–Trinajstić information content (AvgIpc) is 3.07. The Morgan fingerprint density at radius 2 is 0.531 bits per heavy atom. The van der Waals surface area contributed by atoms with Gasteiger partial charge in [0.15, 0.2) is 23.8 Å². The van der Waals surface area contributed by atoms with Crippen LogP contribution in [0.2, 0.25) is 0 Å². The summed E-state index contributed by atoms with van der Waals surface area (Å²) in [5.41, 5.74) is 0. The van der Waals surface area contributed by atoms with E-state index in [1.165, 1.54) is 154 Å². The molecule has 0 amide bonds. The first-order chi connectivity index (χ1) is 23.2. The van der Waals surface area contributed by atoms with Crippen molar-refractivity contribution in [1.82, 2.24) is 0 Å². The number of ketones is 2. The summed E-state index contributed by atoms with van der Waals surface area (Å²) in [6.07, 6.45) is 33.7. The monoisotopic (exact) mass is 723 g/mol. The van der Waals surface area contributed by atoms with E-state index in [2.05, 4.69) is 13.8 Å². The van der Waals surface area contributed by atoms with Gasteiger partial charge in [-0.3, -0.25) is 9.59 Å². The number of rotatable bonds is 36. The molecular weight excluding hydrogens is 649 g/mol. The summed E-state index contributed by atoms with van der Waals surface area (Å²) in [5, 5.41) is 38.6. The van der Waals surface area contributed by atoms with Crippen molar-refractivity contribution in [2.75, 3.05) is 0 Å². The zero-order valence-corrected chi connectivity index (χ0v) is 34.0. The number of carbonyl (C=O) groups excluding carboxylic acids is 4. The summed E-state index contributed by atoms with van der Waals surface area (Å²) in [6.45, 7) is 4.50. The summed E-state index contributed by atoms with van der Waals surface area (Å²) < 4.78 is 0. The molecule has 0 aliphatic carbocycles. The van der Waals surface area contributed by atoms with Crippen LogP contribution in [-0.2, 0) is 19.2 Å². The molecule has 0 aromatic carbocycles. The van der Waals surface area contributed by atoms with E-state index in [1.54, 1.807) is 0 Å². The van der Waals surface area contributed by atoms with E-state index < -0.39 is 35.7 Å². The number of aliphatic carboxylic acids is 2. The molecule has 0 aromatic rings. The molecule has 0 saturated carbocycles. The topological polar surface area (TPSA) is 155 Å². The van der Waals surface area contributed by atoms with E-state index in [0.29, 0.717) is 12.8 Å². The van der Waals surface area contributed by atoms with Crippen LogP contribution in [0.3, 0.4) is 0 Å². The van der Waals surface area contributed by atoms with Crippen LogP contribution in [0.4, 0.5) is 0 Å². The molecular formula is C40H74CaO8. The van der Waals surface area contributed by atoms with E-state index in [9.17, 15) is 29.4 Å². The second-order valence-electron chi connectivity index (χ2n) is 13.8. The minimum atomic E-state index is -1.95. The molecule has 0 spiro atoms. The largest absolute Gasteiger partial charge is 2.00 e. The SMILES string of the molecule is CCCCCCCCCCCCCCCCCC(=O)C(O)C(=O)[O-].CCCCCCCCCCCCCCCCCC(=O)C(O)C(=O)[O-].[Ca+2]. The van der Waals surface area contributed by atoms with E-state index in [-0.39, 0.29) is 50.6 Å². The third-order valence-electron chi connectivity index (χ3n) is 9.11. The van der Waals surface area contributed by atoms with E-state index in [1.807, 2.05) is 0 Å². The van der Waals surface area contributed by atoms with Gasteiger partial charge in [-0.25, -0.2) is 0 Å². The molecule has 0 rings (SSSR count). The molecule has 2 N–H and O–H groups in total. The van der Waals surface area contributed by atoms with Gasteiger partial charge in [-0.1, -0.05) is 194 Å². The van der Waals surface area contributed by atoms with E-state index in [0.717, 1.165) is 25.7 Å². The molecule has 2 unspecified atom stereocenters. The van der Waals surface area contributed by atoms with Crippen LogP contribution in [0.25, 0.3) is 0 Å². The first-order valence-corrected chi connectivity index (χ1v) is 20.0. The maximum Gasteiger partial charge on any atom is 2.00 e. The minimum absolute atomic E-state index is 0. The fourth-order valence-electron chi connectivity index (χ4n) is 5.88. The van der Waals surface area contributed by atoms with Crippen molar-refractivity contribution in [2.45, 2.75) is 232 Å². The third kappa shape index (κ3) is 40.1. The quantitative estimate of drug-likeness (QED) is 0.0383. The van der Waals surface area contributed by atoms with E-state index >= 15 is 0 Å². The number of hydrogen-bond acceptors (Lipinski definition) is 8. The van der Waals surface area contributed by atoms with Gasteiger partial charge in [0.2, 0.25) is 0 Å². The first kappa shape index (κ1) is 52.8. The van der Waals surface area contributed by atoms with Gasteiger partial charge >= 0.3 is 37.7 Å². The van der Waals surface area contributed by atoms with E-state index in [4.69, 9.17) is 10.2 Å². The molecule has 284 valence electrons. The summed E-state index contributed by atoms with van der Waals surface area (Å²) in [7, 11) is 0. The van der Waals surface area contributed by atoms with Crippen molar-refractivity contribution in [1.29, 1.82) is 0 Å². The zero-order valence-electron chi connectivity index (χ0n) is 31.8. The van der Waals surface area contributed by atoms with Crippen molar-refractivity contribution in [3.05, 3.63) is 0 Å². The van der Waals surface area contributed by atoms with Gasteiger partial charge in [-0.2, -0.15) is 0 Å². The maximum atomic E-state index is 11.2. The molecule has 0 heterocycles. The normalized spacial score (nSPS) is 12.0. The van der Waals surface area contributed by atoms with Crippen LogP contribution in [0, 0.1) is 0 Å². The third-order valence-corrected chi connectivity index (χ3v) is 9.11. The fraction of sp³-hybridized carbons (Fsp3) is 0.900. The van der Waals surface area contributed by atoms with Crippen LogP contribution >= 0.6 is 0 Å². The summed E-state index contributed by atoms with van der Waals surface area (Å²) in [5.74, 6) is -4.66. The Morgan fingerprint density at radius 3 is 0.694 bits per heavy atom. The Morgan fingerprint density at radius 1 is 0.367 bits per heavy atom. The van der Waals surface area contributed by atoms with Crippen molar-refractivity contribution >= 4 is 61.2 Å². The van der Waals surface area contributed by atoms with Gasteiger partial charge in [-0.15, -0.1) is 0 Å². The predicted octanol–water partition coefficient (Wildman–Crippen LogP) is 7.47. The van der Waals surface area contributed by atoms with Crippen molar-refractivity contribution in [3.8, 4) is 0 Å². The molecule has 9 heteroatoms. The average molecular weight is 723 g/mol. The molecule has 0 fully saturated rings. The van der Waals surface area contributed by atoms with Crippen LogP contribution in [0.1, 0.15) is 219 Å². The Hall–Kier alpha value is -0.540. The second kappa shape index (κ2) is 41.9. The molecule has 49 heavy (non-hydrogen) atoms. The van der Waals surface area contributed by atoms with Crippen LogP contribution in [0.15, 0.2) is 0 Å². The molecule has 0 radical (unpaired) electrons. The maximum absolute atomic E-state index is 11.2. The number of hydrogen-bond donors (Lipinski definition) is 2. The number of carboxylic acid groups (broad SMARTS) is 2. The van der Waals surface area contributed by atoms with Gasteiger partial charge in [0, 0.05) is 12.8 Å². The van der Waals surface area contributed by atoms with Crippen LogP contribution in [0.5, 0.6) is 0 Å². The molecule has 2 atom stereocenters. The molecule has 0 aliphatic rings. The second-order valence-corrected chi connectivity index (χ2v) is 13.8. The van der Waals surface area contributed by atoms with Crippen LogP contribution in [-0.4, -0.2) is 83.7 Å². The van der Waals surface area contributed by atoms with Crippen LogP contribution < -0.4 is 10.2 Å². The summed E-state index contributed by atoms with van der Waals surface area (Å²) in [4.78, 5) is 43.1. The molecule has 8 nitrogen and oxygen atoms in total. The number of Topliss-reactive ketones (excluding diaryl/α,β-unsaturated/α-hetero) is 2. The smallest absolute Gasteiger partial charge is 0.547 e. The molecule has 0 saturated heterocycles. The number of aliphatic hydroxyl groups excluding tert-OH is 2. The van der Waals surface area contributed by atoms with Gasteiger partial charge in [0.05, 0.1) is 11.9 Å². The Kier molecular flexibility index (Phi) is 45.1. The van der Waals surface area contributed by atoms with Gasteiger partial charge in [-0.05, 0) is 12.8 Å². The Balaban J connectivity index is -0.000000846.